The average molecular weight is 262 g/mol. The van der Waals surface area contributed by atoms with Crippen molar-refractivity contribution in [3.05, 3.63) is 34.6 Å². The van der Waals surface area contributed by atoms with Crippen LogP contribution in [0, 0.1) is 25.6 Å². The van der Waals surface area contributed by atoms with Gasteiger partial charge in [-0.15, -0.1) is 0 Å². The van der Waals surface area contributed by atoms with Crippen LogP contribution in [0.1, 0.15) is 66.4 Å². The van der Waals surface area contributed by atoms with Gasteiger partial charge in [-0.2, -0.15) is 0 Å². The molecule has 0 N–H and O–H groups in total. The number of aryl methyl sites for hydroxylation is 2. The molecule has 1 aliphatic carbocycles. The fourth-order valence-corrected chi connectivity index (χ4v) is 3.15. The highest BCUT2D eigenvalue weighted by atomic mass is 19.1. The minimum atomic E-state index is -0.343. The average Bonchev–Trinajstić information content (AvgIpc) is 2.26. The van der Waals surface area contributed by atoms with Gasteiger partial charge in [0.2, 0.25) is 0 Å². The van der Waals surface area contributed by atoms with Gasteiger partial charge in [0.1, 0.15) is 5.82 Å². The van der Waals surface area contributed by atoms with E-state index in [1.165, 1.54) is 25.3 Å². The minimum absolute atomic E-state index is 0.0243. The SMILES string of the molecule is Cc1cc(C)c(C(=O)C2CCCCCCC2)c(F)c1. The number of halogens is 1. The molecule has 0 spiro atoms. The van der Waals surface area contributed by atoms with Crippen molar-refractivity contribution < 1.29 is 9.18 Å². The maximum Gasteiger partial charge on any atom is 0.169 e. The lowest BCUT2D eigenvalue weighted by Gasteiger charge is -2.20. The lowest BCUT2D eigenvalue weighted by Crippen LogP contribution is -2.19. The highest BCUT2D eigenvalue weighted by Gasteiger charge is 2.24. The van der Waals surface area contributed by atoms with E-state index in [-0.39, 0.29) is 17.5 Å². The highest BCUT2D eigenvalue weighted by molar-refractivity contribution is 5.99. The lowest BCUT2D eigenvalue weighted by molar-refractivity contribution is 0.0893. The van der Waals surface area contributed by atoms with E-state index in [2.05, 4.69) is 0 Å². The quantitative estimate of drug-likeness (QED) is 0.686. The molecule has 0 atom stereocenters. The molecule has 1 aliphatic rings. The number of hydrogen-bond acceptors (Lipinski definition) is 1. The molecule has 0 unspecified atom stereocenters. The Hall–Kier alpha value is -1.18. The van der Waals surface area contributed by atoms with Gasteiger partial charge in [-0.05, 0) is 43.9 Å². The van der Waals surface area contributed by atoms with Crippen LogP contribution in [0.5, 0.6) is 0 Å². The van der Waals surface area contributed by atoms with Gasteiger partial charge in [0.25, 0.3) is 0 Å². The van der Waals surface area contributed by atoms with E-state index in [0.29, 0.717) is 5.56 Å². The second kappa shape index (κ2) is 6.31. The largest absolute Gasteiger partial charge is 0.294 e. The van der Waals surface area contributed by atoms with E-state index in [0.717, 1.165) is 36.8 Å². The zero-order valence-electron chi connectivity index (χ0n) is 12.0. The maximum absolute atomic E-state index is 14.1. The zero-order chi connectivity index (χ0) is 13.8. The van der Waals surface area contributed by atoms with E-state index < -0.39 is 0 Å². The smallest absolute Gasteiger partial charge is 0.169 e. The number of Topliss-reactive ketones (excluding diaryl/α,β-unsaturated/α-hetero) is 1. The van der Waals surface area contributed by atoms with Crippen molar-refractivity contribution in [2.45, 2.75) is 58.8 Å². The standard InChI is InChI=1S/C17H23FO/c1-12-10-13(2)16(15(18)11-12)17(19)14-8-6-4-3-5-7-9-14/h10-11,14H,3-9H2,1-2H3. The molecule has 0 aliphatic heterocycles. The first-order valence-electron chi connectivity index (χ1n) is 7.40. The Morgan fingerprint density at radius 2 is 1.63 bits per heavy atom. The molecule has 1 aromatic carbocycles. The summed E-state index contributed by atoms with van der Waals surface area (Å²) in [5.74, 6) is -0.294. The fourth-order valence-electron chi connectivity index (χ4n) is 3.15. The Kier molecular flexibility index (Phi) is 4.73. The molecule has 1 nitrogen and oxygen atoms in total. The predicted molar refractivity (Wildman–Crippen MR) is 76.0 cm³/mol. The minimum Gasteiger partial charge on any atom is -0.294 e. The Balaban J connectivity index is 2.22. The molecule has 2 rings (SSSR count). The van der Waals surface area contributed by atoms with Crippen LogP contribution < -0.4 is 0 Å². The molecular weight excluding hydrogens is 239 g/mol. The van der Waals surface area contributed by atoms with Gasteiger partial charge in [0, 0.05) is 5.92 Å². The van der Waals surface area contributed by atoms with Gasteiger partial charge in [-0.1, -0.05) is 38.2 Å². The van der Waals surface area contributed by atoms with Gasteiger partial charge >= 0.3 is 0 Å². The molecule has 0 bridgehead atoms. The first-order chi connectivity index (χ1) is 9.09. The normalized spacial score (nSPS) is 17.8. The molecular formula is C17H23FO. The molecule has 0 radical (unpaired) electrons. The van der Waals surface area contributed by atoms with Gasteiger partial charge in [0.05, 0.1) is 5.56 Å². The Bertz CT molecular complexity index is 433. The molecule has 0 aromatic heterocycles. The predicted octanol–water partition coefficient (Wildman–Crippen LogP) is 4.99. The summed E-state index contributed by atoms with van der Waals surface area (Å²) < 4.78 is 14.1. The van der Waals surface area contributed by atoms with Crippen molar-refractivity contribution in [1.29, 1.82) is 0 Å². The monoisotopic (exact) mass is 262 g/mol. The Morgan fingerprint density at radius 3 is 2.21 bits per heavy atom. The molecule has 104 valence electrons. The van der Waals surface area contributed by atoms with Crippen LogP contribution in [0.4, 0.5) is 4.39 Å². The summed E-state index contributed by atoms with van der Waals surface area (Å²) in [5, 5.41) is 0. The van der Waals surface area contributed by atoms with Crippen molar-refractivity contribution >= 4 is 5.78 Å². The molecule has 1 fully saturated rings. The van der Waals surface area contributed by atoms with Crippen molar-refractivity contribution in [2.75, 3.05) is 0 Å². The number of hydrogen-bond donors (Lipinski definition) is 0. The van der Waals surface area contributed by atoms with Crippen LogP contribution in [-0.4, -0.2) is 5.78 Å². The number of benzene rings is 1. The van der Waals surface area contributed by atoms with E-state index in [9.17, 15) is 9.18 Å². The van der Waals surface area contributed by atoms with Crippen LogP contribution in [0.15, 0.2) is 12.1 Å². The van der Waals surface area contributed by atoms with Crippen molar-refractivity contribution in [3.63, 3.8) is 0 Å². The van der Waals surface area contributed by atoms with E-state index in [4.69, 9.17) is 0 Å². The van der Waals surface area contributed by atoms with Gasteiger partial charge in [-0.25, -0.2) is 4.39 Å². The molecule has 0 saturated heterocycles. The second-order valence-electron chi connectivity index (χ2n) is 5.84. The van der Waals surface area contributed by atoms with Gasteiger partial charge in [-0.3, -0.25) is 4.79 Å². The number of rotatable bonds is 2. The number of carbonyl (C=O) groups is 1. The van der Waals surface area contributed by atoms with Crippen molar-refractivity contribution in [3.8, 4) is 0 Å². The third-order valence-electron chi connectivity index (χ3n) is 4.15. The maximum atomic E-state index is 14.1. The first-order valence-corrected chi connectivity index (χ1v) is 7.40. The third-order valence-corrected chi connectivity index (χ3v) is 4.15. The molecule has 1 aromatic rings. The summed E-state index contributed by atoms with van der Waals surface area (Å²) >= 11 is 0. The van der Waals surface area contributed by atoms with E-state index in [1.54, 1.807) is 0 Å². The molecule has 1 saturated carbocycles. The second-order valence-corrected chi connectivity index (χ2v) is 5.84. The number of ketones is 1. The van der Waals surface area contributed by atoms with Crippen LogP contribution in [0.2, 0.25) is 0 Å². The summed E-state index contributed by atoms with van der Waals surface area (Å²) in [6.45, 7) is 3.70. The summed E-state index contributed by atoms with van der Waals surface area (Å²) in [6, 6.07) is 3.38. The van der Waals surface area contributed by atoms with Crippen molar-refractivity contribution in [1.82, 2.24) is 0 Å². The fraction of sp³-hybridized carbons (Fsp3) is 0.588. The lowest BCUT2D eigenvalue weighted by atomic mass is 9.84. The van der Waals surface area contributed by atoms with Gasteiger partial charge in [0.15, 0.2) is 5.78 Å². The molecule has 0 heterocycles. The van der Waals surface area contributed by atoms with Crippen LogP contribution in [0.3, 0.4) is 0 Å². The van der Waals surface area contributed by atoms with Crippen LogP contribution in [0.25, 0.3) is 0 Å². The molecule has 19 heavy (non-hydrogen) atoms. The number of carbonyl (C=O) groups excluding carboxylic acids is 1. The first kappa shape index (κ1) is 14.2. The molecule has 2 heteroatoms. The van der Waals surface area contributed by atoms with Crippen LogP contribution in [-0.2, 0) is 0 Å². The van der Waals surface area contributed by atoms with Gasteiger partial charge < -0.3 is 0 Å². The zero-order valence-corrected chi connectivity index (χ0v) is 12.0. The van der Waals surface area contributed by atoms with Crippen LogP contribution >= 0.6 is 0 Å². The molecule has 0 amide bonds. The topological polar surface area (TPSA) is 17.1 Å². The van der Waals surface area contributed by atoms with E-state index >= 15 is 0 Å². The summed E-state index contributed by atoms with van der Waals surface area (Å²) in [6.07, 6.45) is 7.74. The Morgan fingerprint density at radius 1 is 1.05 bits per heavy atom. The summed E-state index contributed by atoms with van der Waals surface area (Å²) in [5.41, 5.74) is 1.99. The van der Waals surface area contributed by atoms with Crippen molar-refractivity contribution in [2.24, 2.45) is 5.92 Å². The highest BCUT2D eigenvalue weighted by Crippen LogP contribution is 2.28. The summed E-state index contributed by atoms with van der Waals surface area (Å²) in [7, 11) is 0. The third kappa shape index (κ3) is 3.43. The summed E-state index contributed by atoms with van der Waals surface area (Å²) in [4.78, 5) is 12.6. The Labute approximate surface area is 115 Å². The van der Waals surface area contributed by atoms with E-state index in [1.807, 2.05) is 19.9 Å².